The fourth-order valence-electron chi connectivity index (χ4n) is 3.38. The fourth-order valence-corrected chi connectivity index (χ4v) is 3.38. The number of hydrogen-bond acceptors (Lipinski definition) is 3. The predicted molar refractivity (Wildman–Crippen MR) is 73.3 cm³/mol. The average molecular weight is 245 g/mol. The Bertz CT molecular complexity index is 351. The second-order valence-electron chi connectivity index (χ2n) is 5.68. The van der Waals surface area contributed by atoms with Crippen molar-refractivity contribution in [2.75, 3.05) is 19.6 Å². The monoisotopic (exact) mass is 245 g/mol. The Morgan fingerprint density at radius 3 is 2.83 bits per heavy atom. The summed E-state index contributed by atoms with van der Waals surface area (Å²) in [4.78, 5) is 6.76. The van der Waals surface area contributed by atoms with E-state index < -0.39 is 0 Å². The van der Waals surface area contributed by atoms with E-state index in [0.717, 1.165) is 18.5 Å². The summed E-state index contributed by atoms with van der Waals surface area (Å²) in [7, 11) is 0. The van der Waals surface area contributed by atoms with Crippen LogP contribution in [0.5, 0.6) is 0 Å². The Labute approximate surface area is 110 Å². The molecule has 1 unspecified atom stereocenters. The van der Waals surface area contributed by atoms with Crippen molar-refractivity contribution in [1.29, 1.82) is 0 Å². The van der Waals surface area contributed by atoms with Crippen LogP contribution < -0.4 is 5.32 Å². The van der Waals surface area contributed by atoms with Gasteiger partial charge in [0, 0.05) is 25.0 Å². The third-order valence-corrected chi connectivity index (χ3v) is 4.43. The van der Waals surface area contributed by atoms with Gasteiger partial charge in [-0.3, -0.25) is 9.88 Å². The molecule has 1 aromatic rings. The van der Waals surface area contributed by atoms with Crippen molar-refractivity contribution in [1.82, 2.24) is 15.2 Å². The molecule has 2 aliphatic heterocycles. The summed E-state index contributed by atoms with van der Waals surface area (Å²) in [5.74, 6) is 0.914. The summed E-state index contributed by atoms with van der Waals surface area (Å²) in [6.45, 7) is 4.80. The highest BCUT2D eigenvalue weighted by Crippen LogP contribution is 2.26. The van der Waals surface area contributed by atoms with Crippen LogP contribution in [0.15, 0.2) is 24.5 Å². The molecule has 3 nitrogen and oxygen atoms in total. The number of pyridine rings is 1. The van der Waals surface area contributed by atoms with Crippen LogP contribution >= 0.6 is 0 Å². The SMILES string of the molecule is c1cncc(CN2CCC(C3CCCN3)CC2)c1. The van der Waals surface area contributed by atoms with Gasteiger partial charge in [0.05, 0.1) is 0 Å². The van der Waals surface area contributed by atoms with Gasteiger partial charge < -0.3 is 5.32 Å². The summed E-state index contributed by atoms with van der Waals surface area (Å²) in [5, 5.41) is 3.66. The molecule has 1 N–H and O–H groups in total. The molecule has 1 aromatic heterocycles. The highest BCUT2D eigenvalue weighted by Gasteiger charge is 2.28. The lowest BCUT2D eigenvalue weighted by Gasteiger charge is -2.34. The van der Waals surface area contributed by atoms with E-state index in [9.17, 15) is 0 Å². The number of nitrogens with zero attached hydrogens (tertiary/aromatic N) is 2. The van der Waals surface area contributed by atoms with Gasteiger partial charge in [0.2, 0.25) is 0 Å². The molecule has 0 amide bonds. The number of likely N-dealkylation sites (tertiary alicyclic amines) is 1. The zero-order valence-electron chi connectivity index (χ0n) is 11.0. The van der Waals surface area contributed by atoms with E-state index in [-0.39, 0.29) is 0 Å². The molecule has 2 aliphatic rings. The van der Waals surface area contributed by atoms with Crippen LogP contribution in [0.1, 0.15) is 31.2 Å². The first-order valence-electron chi connectivity index (χ1n) is 7.26. The molecule has 0 radical (unpaired) electrons. The minimum atomic E-state index is 0.811. The summed E-state index contributed by atoms with van der Waals surface area (Å²) in [6.07, 6.45) is 9.33. The maximum atomic E-state index is 4.19. The van der Waals surface area contributed by atoms with Crippen LogP contribution in [0.2, 0.25) is 0 Å². The lowest BCUT2D eigenvalue weighted by molar-refractivity contribution is 0.157. The van der Waals surface area contributed by atoms with Gasteiger partial charge in [-0.05, 0) is 62.9 Å². The minimum absolute atomic E-state index is 0.811. The van der Waals surface area contributed by atoms with Crippen molar-refractivity contribution in [3.8, 4) is 0 Å². The van der Waals surface area contributed by atoms with Gasteiger partial charge in [0.25, 0.3) is 0 Å². The topological polar surface area (TPSA) is 28.2 Å². The highest BCUT2D eigenvalue weighted by atomic mass is 15.1. The van der Waals surface area contributed by atoms with E-state index in [4.69, 9.17) is 0 Å². The van der Waals surface area contributed by atoms with E-state index in [0.29, 0.717) is 0 Å². The Morgan fingerprint density at radius 2 is 2.17 bits per heavy atom. The van der Waals surface area contributed by atoms with Gasteiger partial charge in [-0.15, -0.1) is 0 Å². The van der Waals surface area contributed by atoms with E-state index in [1.165, 1.54) is 50.9 Å². The van der Waals surface area contributed by atoms with Gasteiger partial charge in [-0.2, -0.15) is 0 Å². The number of rotatable bonds is 3. The molecule has 18 heavy (non-hydrogen) atoms. The summed E-state index contributed by atoms with van der Waals surface area (Å²) >= 11 is 0. The Hall–Kier alpha value is -0.930. The van der Waals surface area contributed by atoms with E-state index >= 15 is 0 Å². The second-order valence-corrected chi connectivity index (χ2v) is 5.68. The maximum absolute atomic E-state index is 4.19. The van der Waals surface area contributed by atoms with Crippen molar-refractivity contribution in [3.63, 3.8) is 0 Å². The molecule has 3 rings (SSSR count). The van der Waals surface area contributed by atoms with Gasteiger partial charge in [0.15, 0.2) is 0 Å². The van der Waals surface area contributed by atoms with Crippen molar-refractivity contribution in [2.45, 2.75) is 38.3 Å². The van der Waals surface area contributed by atoms with Gasteiger partial charge in [-0.25, -0.2) is 0 Å². The molecule has 0 aromatic carbocycles. The van der Waals surface area contributed by atoms with Crippen LogP contribution in [-0.4, -0.2) is 35.6 Å². The largest absolute Gasteiger partial charge is 0.314 e. The van der Waals surface area contributed by atoms with Gasteiger partial charge >= 0.3 is 0 Å². The Balaban J connectivity index is 1.48. The molecule has 3 heterocycles. The standard InChI is InChI=1S/C15H23N3/c1-3-13(11-16-7-1)12-18-9-5-14(6-10-18)15-4-2-8-17-15/h1,3,7,11,14-15,17H,2,4-6,8-10,12H2. The fraction of sp³-hybridized carbons (Fsp3) is 0.667. The number of aromatic nitrogens is 1. The van der Waals surface area contributed by atoms with Crippen LogP contribution in [-0.2, 0) is 6.54 Å². The third kappa shape index (κ3) is 2.90. The molecular formula is C15H23N3. The number of hydrogen-bond donors (Lipinski definition) is 1. The smallest absolute Gasteiger partial charge is 0.0312 e. The molecule has 0 saturated carbocycles. The lowest BCUT2D eigenvalue weighted by Crippen LogP contribution is -2.40. The number of piperidine rings is 1. The third-order valence-electron chi connectivity index (χ3n) is 4.43. The van der Waals surface area contributed by atoms with E-state index in [1.54, 1.807) is 0 Å². The van der Waals surface area contributed by atoms with Crippen molar-refractivity contribution >= 4 is 0 Å². The zero-order valence-corrected chi connectivity index (χ0v) is 11.0. The molecule has 2 fully saturated rings. The molecule has 3 heteroatoms. The molecule has 0 bridgehead atoms. The highest BCUT2D eigenvalue weighted by molar-refractivity contribution is 5.08. The Kier molecular flexibility index (Phi) is 3.91. The van der Waals surface area contributed by atoms with E-state index in [2.05, 4.69) is 21.3 Å². The molecular weight excluding hydrogens is 222 g/mol. The first-order valence-corrected chi connectivity index (χ1v) is 7.26. The quantitative estimate of drug-likeness (QED) is 0.883. The molecule has 0 aliphatic carbocycles. The maximum Gasteiger partial charge on any atom is 0.0312 e. The van der Waals surface area contributed by atoms with Crippen LogP contribution in [0.4, 0.5) is 0 Å². The number of nitrogens with one attached hydrogen (secondary N) is 1. The summed E-state index contributed by atoms with van der Waals surface area (Å²) < 4.78 is 0. The lowest BCUT2D eigenvalue weighted by atomic mass is 9.88. The predicted octanol–water partition coefficient (Wildman–Crippen LogP) is 2.05. The van der Waals surface area contributed by atoms with Gasteiger partial charge in [-0.1, -0.05) is 6.07 Å². The summed E-state index contributed by atoms with van der Waals surface area (Å²) in [5.41, 5.74) is 1.34. The van der Waals surface area contributed by atoms with Gasteiger partial charge in [0.1, 0.15) is 0 Å². The van der Waals surface area contributed by atoms with E-state index in [1.807, 2.05) is 18.5 Å². The molecule has 1 atom stereocenters. The minimum Gasteiger partial charge on any atom is -0.314 e. The Morgan fingerprint density at radius 1 is 1.28 bits per heavy atom. The van der Waals surface area contributed by atoms with Crippen LogP contribution in [0.3, 0.4) is 0 Å². The van der Waals surface area contributed by atoms with Crippen molar-refractivity contribution in [3.05, 3.63) is 30.1 Å². The van der Waals surface area contributed by atoms with Crippen molar-refractivity contribution < 1.29 is 0 Å². The average Bonchev–Trinajstić information content (AvgIpc) is 2.95. The van der Waals surface area contributed by atoms with Crippen LogP contribution in [0, 0.1) is 5.92 Å². The molecule has 0 spiro atoms. The normalized spacial score (nSPS) is 26.6. The molecule has 2 saturated heterocycles. The second kappa shape index (κ2) is 5.81. The zero-order chi connectivity index (χ0) is 12.2. The first kappa shape index (κ1) is 12.1. The first-order chi connectivity index (χ1) is 8.92. The van der Waals surface area contributed by atoms with Crippen molar-refractivity contribution in [2.24, 2.45) is 5.92 Å². The van der Waals surface area contributed by atoms with Crippen LogP contribution in [0.25, 0.3) is 0 Å². The molecule has 98 valence electrons. The summed E-state index contributed by atoms with van der Waals surface area (Å²) in [6, 6.07) is 5.02.